The number of hydrogen-bond acceptors (Lipinski definition) is 1. The number of hydrogen-bond donors (Lipinski definition) is 1. The van der Waals surface area contributed by atoms with E-state index < -0.39 is 6.10 Å². The lowest BCUT2D eigenvalue weighted by Crippen LogP contribution is -2.00. The predicted octanol–water partition coefficient (Wildman–Crippen LogP) is 4.08. The van der Waals surface area contributed by atoms with Gasteiger partial charge in [-0.2, -0.15) is 0 Å². The molecular formula is C13H10Cl2O. The van der Waals surface area contributed by atoms with Crippen LogP contribution in [-0.4, -0.2) is 5.11 Å². The summed E-state index contributed by atoms with van der Waals surface area (Å²) in [7, 11) is 0. The lowest BCUT2D eigenvalue weighted by atomic mass is 10.0. The molecule has 0 spiro atoms. The quantitative estimate of drug-likeness (QED) is 0.855. The van der Waals surface area contributed by atoms with Gasteiger partial charge in [-0.25, -0.2) is 0 Å². The smallest absolute Gasteiger partial charge is 0.106 e. The molecule has 3 heteroatoms. The van der Waals surface area contributed by atoms with E-state index in [1.165, 1.54) is 0 Å². The summed E-state index contributed by atoms with van der Waals surface area (Å²) < 4.78 is 0. The van der Waals surface area contributed by atoms with Gasteiger partial charge in [-0.1, -0.05) is 53.5 Å². The van der Waals surface area contributed by atoms with Gasteiger partial charge in [-0.15, -0.1) is 0 Å². The van der Waals surface area contributed by atoms with Gasteiger partial charge < -0.3 is 5.11 Å². The zero-order valence-corrected chi connectivity index (χ0v) is 9.91. The van der Waals surface area contributed by atoms with Crippen LogP contribution < -0.4 is 0 Å². The number of halogens is 2. The summed E-state index contributed by atoms with van der Waals surface area (Å²) in [5, 5.41) is 11.3. The Hall–Kier alpha value is -1.02. The minimum absolute atomic E-state index is 0.551. The summed E-state index contributed by atoms with van der Waals surface area (Å²) in [5.74, 6) is 0. The fourth-order valence-electron chi connectivity index (χ4n) is 1.55. The van der Waals surface area contributed by atoms with Gasteiger partial charge in [0.05, 0.1) is 0 Å². The molecule has 1 atom stereocenters. The molecule has 2 aromatic rings. The number of aliphatic hydroxyl groups excluding tert-OH is 1. The van der Waals surface area contributed by atoms with Gasteiger partial charge >= 0.3 is 0 Å². The predicted molar refractivity (Wildman–Crippen MR) is 67.0 cm³/mol. The Morgan fingerprint density at radius 2 is 1.69 bits per heavy atom. The lowest BCUT2D eigenvalue weighted by Gasteiger charge is -2.13. The Balaban J connectivity index is 2.39. The third-order valence-corrected chi connectivity index (χ3v) is 2.94. The highest BCUT2D eigenvalue weighted by molar-refractivity contribution is 6.31. The molecule has 0 saturated heterocycles. The maximum Gasteiger partial charge on any atom is 0.106 e. The van der Waals surface area contributed by atoms with Crippen LogP contribution in [0.15, 0.2) is 48.5 Å². The molecule has 0 saturated carbocycles. The van der Waals surface area contributed by atoms with Crippen molar-refractivity contribution in [3.8, 4) is 0 Å². The molecule has 2 rings (SSSR count). The van der Waals surface area contributed by atoms with Gasteiger partial charge in [0.1, 0.15) is 6.10 Å². The first-order valence-corrected chi connectivity index (χ1v) is 5.62. The molecule has 1 N–H and O–H groups in total. The highest BCUT2D eigenvalue weighted by atomic mass is 35.5. The summed E-state index contributed by atoms with van der Waals surface area (Å²) in [5.41, 5.74) is 1.42. The van der Waals surface area contributed by atoms with E-state index in [9.17, 15) is 5.11 Å². The van der Waals surface area contributed by atoms with E-state index in [2.05, 4.69) is 0 Å². The van der Waals surface area contributed by atoms with E-state index in [1.54, 1.807) is 30.3 Å². The Morgan fingerprint density at radius 1 is 0.938 bits per heavy atom. The molecule has 2 aromatic carbocycles. The standard InChI is InChI=1S/C13H10Cl2O/c14-10-5-3-4-9(8-10)13(16)11-6-1-2-7-12(11)15/h1-8,13,16H/t13-/m1/s1. The topological polar surface area (TPSA) is 20.2 Å². The van der Waals surface area contributed by atoms with Crippen LogP contribution in [0.4, 0.5) is 0 Å². The zero-order chi connectivity index (χ0) is 11.5. The Bertz CT molecular complexity index is 497. The second kappa shape index (κ2) is 4.88. The SMILES string of the molecule is O[C@H](c1cccc(Cl)c1)c1ccccc1Cl. The molecule has 0 fully saturated rings. The fourth-order valence-corrected chi connectivity index (χ4v) is 1.99. The van der Waals surface area contributed by atoms with Crippen molar-refractivity contribution >= 4 is 23.2 Å². The van der Waals surface area contributed by atoms with E-state index in [1.807, 2.05) is 18.2 Å². The van der Waals surface area contributed by atoms with Crippen molar-refractivity contribution in [3.05, 3.63) is 69.7 Å². The van der Waals surface area contributed by atoms with Crippen LogP contribution in [0.2, 0.25) is 10.0 Å². The molecule has 0 aliphatic carbocycles. The zero-order valence-electron chi connectivity index (χ0n) is 8.40. The van der Waals surface area contributed by atoms with Gasteiger partial charge in [0.25, 0.3) is 0 Å². The molecule has 0 bridgehead atoms. The summed E-state index contributed by atoms with van der Waals surface area (Å²) in [6, 6.07) is 14.3. The largest absolute Gasteiger partial charge is 0.384 e. The molecule has 0 amide bonds. The van der Waals surface area contributed by atoms with Crippen molar-refractivity contribution in [2.75, 3.05) is 0 Å². The number of aliphatic hydroxyl groups is 1. The van der Waals surface area contributed by atoms with Gasteiger partial charge in [-0.3, -0.25) is 0 Å². The number of rotatable bonds is 2. The third kappa shape index (κ3) is 2.38. The molecule has 0 unspecified atom stereocenters. The van der Waals surface area contributed by atoms with Crippen LogP contribution in [0, 0.1) is 0 Å². The number of benzene rings is 2. The van der Waals surface area contributed by atoms with Crippen molar-refractivity contribution in [3.63, 3.8) is 0 Å². The van der Waals surface area contributed by atoms with Gasteiger partial charge in [0.2, 0.25) is 0 Å². The van der Waals surface area contributed by atoms with Crippen LogP contribution >= 0.6 is 23.2 Å². The van der Waals surface area contributed by atoms with E-state index in [4.69, 9.17) is 23.2 Å². The van der Waals surface area contributed by atoms with Crippen molar-refractivity contribution in [1.82, 2.24) is 0 Å². The Kier molecular flexibility index (Phi) is 3.49. The summed E-state index contributed by atoms with van der Waals surface area (Å²) in [6.07, 6.45) is -0.743. The molecule has 16 heavy (non-hydrogen) atoms. The average molecular weight is 253 g/mol. The van der Waals surface area contributed by atoms with Crippen molar-refractivity contribution < 1.29 is 5.11 Å². The van der Waals surface area contributed by atoms with E-state index in [0.29, 0.717) is 15.6 Å². The van der Waals surface area contributed by atoms with Crippen molar-refractivity contribution in [1.29, 1.82) is 0 Å². The first-order valence-electron chi connectivity index (χ1n) is 4.86. The van der Waals surface area contributed by atoms with Gasteiger partial charge in [-0.05, 0) is 23.8 Å². The molecule has 1 nitrogen and oxygen atoms in total. The van der Waals surface area contributed by atoms with Crippen molar-refractivity contribution in [2.45, 2.75) is 6.10 Å². The maximum atomic E-state index is 10.2. The minimum Gasteiger partial charge on any atom is -0.384 e. The molecule has 0 heterocycles. The maximum absolute atomic E-state index is 10.2. The first kappa shape index (κ1) is 11.5. The van der Waals surface area contributed by atoms with Crippen LogP contribution in [0.25, 0.3) is 0 Å². The highest BCUT2D eigenvalue weighted by Gasteiger charge is 2.13. The van der Waals surface area contributed by atoms with E-state index in [-0.39, 0.29) is 0 Å². The van der Waals surface area contributed by atoms with E-state index in [0.717, 1.165) is 5.56 Å². The first-order chi connectivity index (χ1) is 7.68. The Morgan fingerprint density at radius 3 is 2.38 bits per heavy atom. The van der Waals surface area contributed by atoms with Crippen LogP contribution in [0.1, 0.15) is 17.2 Å². The normalized spacial score (nSPS) is 12.4. The molecule has 0 radical (unpaired) electrons. The molecule has 0 aliphatic rings. The fraction of sp³-hybridized carbons (Fsp3) is 0.0769. The summed E-state index contributed by atoms with van der Waals surface area (Å²) >= 11 is 11.9. The van der Waals surface area contributed by atoms with Gasteiger partial charge in [0, 0.05) is 15.6 Å². The second-order valence-electron chi connectivity index (χ2n) is 3.48. The highest BCUT2D eigenvalue weighted by Crippen LogP contribution is 2.28. The van der Waals surface area contributed by atoms with E-state index >= 15 is 0 Å². The summed E-state index contributed by atoms with van der Waals surface area (Å²) in [6.45, 7) is 0. The molecule has 0 aromatic heterocycles. The van der Waals surface area contributed by atoms with Crippen LogP contribution in [-0.2, 0) is 0 Å². The monoisotopic (exact) mass is 252 g/mol. The minimum atomic E-state index is -0.743. The molecule has 0 aliphatic heterocycles. The Labute approximate surface area is 104 Å². The lowest BCUT2D eigenvalue weighted by molar-refractivity contribution is 0.220. The van der Waals surface area contributed by atoms with Crippen molar-refractivity contribution in [2.24, 2.45) is 0 Å². The second-order valence-corrected chi connectivity index (χ2v) is 4.32. The molecular weight excluding hydrogens is 243 g/mol. The van der Waals surface area contributed by atoms with Crippen LogP contribution in [0.3, 0.4) is 0 Å². The molecule has 82 valence electrons. The third-order valence-electron chi connectivity index (χ3n) is 2.36. The van der Waals surface area contributed by atoms with Gasteiger partial charge in [0.15, 0.2) is 0 Å². The van der Waals surface area contributed by atoms with Crippen LogP contribution in [0.5, 0.6) is 0 Å². The average Bonchev–Trinajstić information content (AvgIpc) is 2.29. The summed E-state index contributed by atoms with van der Waals surface area (Å²) in [4.78, 5) is 0.